The number of carbonyl (C=O) groups is 2. The van der Waals surface area contributed by atoms with E-state index >= 15 is 0 Å². The summed E-state index contributed by atoms with van der Waals surface area (Å²) in [5.41, 5.74) is 0.0698. The van der Waals surface area contributed by atoms with Crippen molar-refractivity contribution < 1.29 is 23.5 Å². The number of carboxylic acids is 1. The molecular weight excluding hydrogens is 246 g/mol. The third-order valence-electron chi connectivity index (χ3n) is 2.40. The zero-order valence-electron chi connectivity index (χ0n) is 9.78. The number of hydrogen-bond acceptors (Lipinski definition) is 3. The first-order valence-electron chi connectivity index (χ1n) is 5.01. The summed E-state index contributed by atoms with van der Waals surface area (Å²) in [7, 11) is 2.60. The van der Waals surface area contributed by atoms with Crippen LogP contribution in [0.15, 0.2) is 18.2 Å². The highest BCUT2D eigenvalue weighted by atomic mass is 19.2. The SMILES string of the molecule is CNC(C(=O)O)C(=O)N(C)c1ccc(F)c(F)c1. The van der Waals surface area contributed by atoms with Gasteiger partial charge in [-0.05, 0) is 19.2 Å². The van der Waals surface area contributed by atoms with Crippen molar-refractivity contribution in [1.29, 1.82) is 0 Å². The minimum atomic E-state index is -1.44. The number of halogens is 2. The van der Waals surface area contributed by atoms with E-state index in [0.29, 0.717) is 0 Å². The summed E-state index contributed by atoms with van der Waals surface area (Å²) in [5.74, 6) is -4.28. The first kappa shape index (κ1) is 14.0. The number of amides is 1. The van der Waals surface area contributed by atoms with E-state index in [2.05, 4.69) is 5.32 Å². The number of anilines is 1. The fraction of sp³-hybridized carbons (Fsp3) is 0.273. The van der Waals surface area contributed by atoms with Gasteiger partial charge in [-0.15, -0.1) is 0 Å². The van der Waals surface area contributed by atoms with Crippen LogP contribution < -0.4 is 10.2 Å². The highest BCUT2D eigenvalue weighted by Gasteiger charge is 2.28. The molecule has 0 fully saturated rings. The average molecular weight is 258 g/mol. The quantitative estimate of drug-likeness (QED) is 0.776. The second-order valence-electron chi connectivity index (χ2n) is 3.56. The number of hydrogen-bond donors (Lipinski definition) is 2. The smallest absolute Gasteiger partial charge is 0.330 e. The molecule has 0 aliphatic carbocycles. The van der Waals surface area contributed by atoms with E-state index in [1.165, 1.54) is 20.2 Å². The van der Waals surface area contributed by atoms with Crippen molar-refractivity contribution >= 4 is 17.6 Å². The zero-order valence-corrected chi connectivity index (χ0v) is 9.78. The summed E-state index contributed by atoms with van der Waals surface area (Å²) in [6.45, 7) is 0. The molecule has 1 unspecified atom stereocenters. The molecule has 0 heterocycles. The predicted molar refractivity (Wildman–Crippen MR) is 60.3 cm³/mol. The molecule has 1 rings (SSSR count). The molecular formula is C11H12F2N2O3. The van der Waals surface area contributed by atoms with Crippen LogP contribution in [0.25, 0.3) is 0 Å². The van der Waals surface area contributed by atoms with Crippen molar-refractivity contribution in [2.45, 2.75) is 6.04 Å². The van der Waals surface area contributed by atoms with Gasteiger partial charge in [0.2, 0.25) is 0 Å². The largest absolute Gasteiger partial charge is 0.480 e. The number of nitrogens with one attached hydrogen (secondary N) is 1. The molecule has 1 amide bonds. The number of carboxylic acid groups (broad SMARTS) is 1. The van der Waals surface area contributed by atoms with Gasteiger partial charge in [0.1, 0.15) is 0 Å². The molecule has 0 spiro atoms. The third kappa shape index (κ3) is 2.80. The second kappa shape index (κ2) is 5.54. The van der Waals surface area contributed by atoms with Crippen molar-refractivity contribution in [2.75, 3.05) is 19.0 Å². The van der Waals surface area contributed by atoms with Crippen molar-refractivity contribution in [3.8, 4) is 0 Å². The topological polar surface area (TPSA) is 69.6 Å². The Morgan fingerprint density at radius 2 is 1.94 bits per heavy atom. The van der Waals surface area contributed by atoms with Crippen LogP contribution in [-0.2, 0) is 9.59 Å². The van der Waals surface area contributed by atoms with Crippen LogP contribution in [0, 0.1) is 11.6 Å². The van der Waals surface area contributed by atoms with Gasteiger partial charge in [0.05, 0.1) is 0 Å². The third-order valence-corrected chi connectivity index (χ3v) is 2.40. The highest BCUT2D eigenvalue weighted by Crippen LogP contribution is 2.17. The lowest BCUT2D eigenvalue weighted by Crippen LogP contribution is -2.48. The molecule has 0 radical (unpaired) electrons. The Kier molecular flexibility index (Phi) is 4.33. The number of rotatable bonds is 4. The van der Waals surface area contributed by atoms with Crippen molar-refractivity contribution in [2.24, 2.45) is 0 Å². The van der Waals surface area contributed by atoms with E-state index in [-0.39, 0.29) is 5.69 Å². The molecule has 0 aromatic heterocycles. The van der Waals surface area contributed by atoms with Crippen molar-refractivity contribution in [3.05, 3.63) is 29.8 Å². The lowest BCUT2D eigenvalue weighted by Gasteiger charge is -2.21. The number of likely N-dealkylation sites (N-methyl/N-ethyl adjacent to an activating group) is 2. The number of nitrogens with zero attached hydrogens (tertiary/aromatic N) is 1. The Bertz CT molecular complexity index is 479. The van der Waals surface area contributed by atoms with Gasteiger partial charge >= 0.3 is 5.97 Å². The van der Waals surface area contributed by atoms with Gasteiger partial charge in [-0.3, -0.25) is 10.1 Å². The van der Waals surface area contributed by atoms with Gasteiger partial charge in [-0.2, -0.15) is 0 Å². The summed E-state index contributed by atoms with van der Waals surface area (Å²) in [5, 5.41) is 11.1. The molecule has 0 bridgehead atoms. The van der Waals surface area contributed by atoms with Gasteiger partial charge in [0, 0.05) is 18.8 Å². The molecule has 0 saturated carbocycles. The first-order chi connectivity index (χ1) is 8.38. The van der Waals surface area contributed by atoms with Crippen LogP contribution >= 0.6 is 0 Å². The Labute approximate surface area is 102 Å². The van der Waals surface area contributed by atoms with E-state index in [9.17, 15) is 18.4 Å². The van der Waals surface area contributed by atoms with E-state index in [0.717, 1.165) is 17.0 Å². The minimum absolute atomic E-state index is 0.0698. The molecule has 7 heteroatoms. The molecule has 18 heavy (non-hydrogen) atoms. The average Bonchev–Trinajstić information content (AvgIpc) is 2.32. The molecule has 1 atom stereocenters. The Morgan fingerprint density at radius 1 is 1.33 bits per heavy atom. The van der Waals surface area contributed by atoms with Gasteiger partial charge < -0.3 is 10.0 Å². The lowest BCUT2D eigenvalue weighted by molar-refractivity contribution is -0.143. The summed E-state index contributed by atoms with van der Waals surface area (Å²) in [6, 6.07) is 1.43. The highest BCUT2D eigenvalue weighted by molar-refractivity contribution is 6.08. The maximum Gasteiger partial charge on any atom is 0.330 e. The van der Waals surface area contributed by atoms with E-state index in [1.54, 1.807) is 0 Å². The lowest BCUT2D eigenvalue weighted by atomic mass is 10.2. The molecule has 1 aromatic rings. The predicted octanol–water partition coefficient (Wildman–Crippen LogP) is 0.600. The van der Waals surface area contributed by atoms with Gasteiger partial charge in [-0.25, -0.2) is 13.6 Å². The summed E-state index contributed by atoms with van der Waals surface area (Å²) in [6.07, 6.45) is 0. The van der Waals surface area contributed by atoms with Crippen LogP contribution in [0.5, 0.6) is 0 Å². The molecule has 0 aliphatic rings. The fourth-order valence-corrected chi connectivity index (χ4v) is 1.37. The monoisotopic (exact) mass is 258 g/mol. The number of benzene rings is 1. The maximum atomic E-state index is 13.0. The molecule has 2 N–H and O–H groups in total. The summed E-state index contributed by atoms with van der Waals surface area (Å²) < 4.78 is 25.7. The Morgan fingerprint density at radius 3 is 2.39 bits per heavy atom. The minimum Gasteiger partial charge on any atom is -0.480 e. The van der Waals surface area contributed by atoms with Gasteiger partial charge in [-0.1, -0.05) is 0 Å². The Balaban J connectivity index is 2.99. The fourth-order valence-electron chi connectivity index (χ4n) is 1.37. The van der Waals surface area contributed by atoms with Gasteiger partial charge in [0.15, 0.2) is 17.7 Å². The van der Waals surface area contributed by atoms with Crippen LogP contribution in [0.3, 0.4) is 0 Å². The van der Waals surface area contributed by atoms with Gasteiger partial charge in [0.25, 0.3) is 5.91 Å². The van der Waals surface area contributed by atoms with Crippen molar-refractivity contribution in [1.82, 2.24) is 5.32 Å². The van der Waals surface area contributed by atoms with Crippen LogP contribution in [0.4, 0.5) is 14.5 Å². The van der Waals surface area contributed by atoms with Crippen LogP contribution in [-0.4, -0.2) is 37.1 Å². The van der Waals surface area contributed by atoms with E-state index in [1.807, 2.05) is 0 Å². The van der Waals surface area contributed by atoms with E-state index in [4.69, 9.17) is 5.11 Å². The summed E-state index contributed by atoms with van der Waals surface area (Å²) >= 11 is 0. The normalized spacial score (nSPS) is 12.0. The molecule has 1 aromatic carbocycles. The molecule has 98 valence electrons. The second-order valence-corrected chi connectivity index (χ2v) is 3.56. The molecule has 0 saturated heterocycles. The standard InChI is InChI=1S/C11H12F2N2O3/c1-14-9(11(17)18)10(16)15(2)6-3-4-7(12)8(13)5-6/h3-5,9,14H,1-2H3,(H,17,18). The zero-order chi connectivity index (χ0) is 13.9. The van der Waals surface area contributed by atoms with E-state index < -0.39 is 29.6 Å². The Hall–Kier alpha value is -2.02. The molecule has 0 aliphatic heterocycles. The number of aliphatic carboxylic acids is 1. The molecule has 5 nitrogen and oxygen atoms in total. The van der Waals surface area contributed by atoms with Crippen molar-refractivity contribution in [3.63, 3.8) is 0 Å². The first-order valence-corrected chi connectivity index (χ1v) is 5.01. The van der Waals surface area contributed by atoms with Crippen LogP contribution in [0.1, 0.15) is 0 Å². The summed E-state index contributed by atoms with van der Waals surface area (Å²) in [4.78, 5) is 23.5. The van der Waals surface area contributed by atoms with Crippen LogP contribution in [0.2, 0.25) is 0 Å². The number of carbonyl (C=O) groups excluding carboxylic acids is 1. The maximum absolute atomic E-state index is 13.0.